The maximum absolute atomic E-state index is 15.5. The summed E-state index contributed by atoms with van der Waals surface area (Å²) < 4.78 is 51.4. The van der Waals surface area contributed by atoms with Crippen molar-refractivity contribution in [1.29, 1.82) is 0 Å². The molecule has 0 aromatic heterocycles. The fraction of sp³-hybridized carbons (Fsp3) is 0.620. The van der Waals surface area contributed by atoms with Crippen LogP contribution in [-0.4, -0.2) is 95.2 Å². The standard InChI is InChI=1S/C50H74O11Si/c1-35-42(29-44(61-62(10,11)47(2,3)4)50(53)27-25-41(48(50,5)6)46(45(35)52)59-34-54-7)49(60-32-36-15-13-12-14-16-36,33-57-30-37-17-21-39(55-8)22-18-37)43(26-28-51)58-31-38-19-23-40(56-9)24-20-38/h12-24,35,41-44,46,51,53H,25-34H2,1-11H3/t35-,41-,42+,43-,44+,46-,49-,50-/m1/s1. The van der Waals surface area contributed by atoms with Crippen molar-refractivity contribution < 1.29 is 52.6 Å². The zero-order valence-corrected chi connectivity index (χ0v) is 40.1. The first-order chi connectivity index (χ1) is 29.4. The maximum atomic E-state index is 15.5. The lowest BCUT2D eigenvalue weighted by Crippen LogP contribution is -2.62. The largest absolute Gasteiger partial charge is 0.497 e. The van der Waals surface area contributed by atoms with E-state index in [-0.39, 0.29) is 69.4 Å². The van der Waals surface area contributed by atoms with Crippen molar-refractivity contribution in [1.82, 2.24) is 0 Å². The molecule has 5 rings (SSSR count). The van der Waals surface area contributed by atoms with Crippen LogP contribution in [-0.2, 0) is 52.7 Å². The molecule has 3 aromatic carbocycles. The van der Waals surface area contributed by atoms with Crippen LogP contribution in [0.1, 0.15) is 83.9 Å². The Morgan fingerprint density at radius 3 is 1.97 bits per heavy atom. The molecule has 2 fully saturated rings. The predicted molar refractivity (Wildman–Crippen MR) is 242 cm³/mol. The minimum absolute atomic E-state index is 0.0108. The second-order valence-corrected chi connectivity index (χ2v) is 24.2. The normalized spacial score (nSPS) is 25.6. The molecule has 2 saturated carbocycles. The molecule has 0 heterocycles. The van der Waals surface area contributed by atoms with Crippen LogP contribution in [0.4, 0.5) is 0 Å². The van der Waals surface area contributed by atoms with Crippen molar-refractivity contribution in [2.24, 2.45) is 23.2 Å². The van der Waals surface area contributed by atoms with Crippen LogP contribution >= 0.6 is 0 Å². The van der Waals surface area contributed by atoms with E-state index in [1.165, 1.54) is 0 Å². The third-order valence-corrected chi connectivity index (χ3v) is 19.0. The van der Waals surface area contributed by atoms with E-state index in [4.69, 9.17) is 37.6 Å². The Kier molecular flexibility index (Phi) is 17.1. The maximum Gasteiger partial charge on any atom is 0.192 e. The van der Waals surface area contributed by atoms with Gasteiger partial charge in [-0.15, -0.1) is 0 Å². The van der Waals surface area contributed by atoms with Gasteiger partial charge in [0.2, 0.25) is 0 Å². The van der Waals surface area contributed by atoms with Gasteiger partial charge < -0.3 is 47.8 Å². The highest BCUT2D eigenvalue weighted by molar-refractivity contribution is 6.74. The average Bonchev–Trinajstić information content (AvgIpc) is 3.50. The molecule has 12 heteroatoms. The summed E-state index contributed by atoms with van der Waals surface area (Å²) in [5, 5.41) is 24.2. The third-order valence-electron chi connectivity index (χ3n) is 14.5. The summed E-state index contributed by atoms with van der Waals surface area (Å²) in [5.41, 5.74) is -0.811. The van der Waals surface area contributed by atoms with Crippen LogP contribution < -0.4 is 9.47 Å². The number of ketones is 1. The lowest BCUT2D eigenvalue weighted by molar-refractivity contribution is -0.233. The van der Waals surface area contributed by atoms with Crippen molar-refractivity contribution in [3.8, 4) is 11.5 Å². The molecule has 0 amide bonds. The molecule has 11 nitrogen and oxygen atoms in total. The molecule has 8 atom stereocenters. The lowest BCUT2D eigenvalue weighted by Gasteiger charge is -2.52. The first-order valence-corrected chi connectivity index (χ1v) is 25.1. The number of hydrogen-bond donors (Lipinski definition) is 2. The molecule has 62 heavy (non-hydrogen) atoms. The van der Waals surface area contributed by atoms with Gasteiger partial charge in [0.15, 0.2) is 14.1 Å². The topological polar surface area (TPSA) is 131 Å². The molecule has 2 aliphatic carbocycles. The second-order valence-electron chi connectivity index (χ2n) is 19.4. The highest BCUT2D eigenvalue weighted by Gasteiger charge is 2.65. The molecular weight excluding hydrogens is 805 g/mol. The van der Waals surface area contributed by atoms with Gasteiger partial charge in [-0.05, 0) is 84.8 Å². The van der Waals surface area contributed by atoms with E-state index in [1.54, 1.807) is 21.3 Å². The zero-order valence-electron chi connectivity index (χ0n) is 39.1. The van der Waals surface area contributed by atoms with Gasteiger partial charge in [-0.25, -0.2) is 0 Å². The number of fused-ring (bicyclic) bond motifs is 2. The Morgan fingerprint density at radius 2 is 1.42 bits per heavy atom. The minimum Gasteiger partial charge on any atom is -0.497 e. The number of aliphatic hydroxyl groups is 2. The second kappa shape index (κ2) is 21.2. The zero-order chi connectivity index (χ0) is 45.3. The van der Waals surface area contributed by atoms with Gasteiger partial charge >= 0.3 is 0 Å². The van der Waals surface area contributed by atoms with Crippen LogP contribution in [0.5, 0.6) is 11.5 Å². The fourth-order valence-electron chi connectivity index (χ4n) is 9.44. The Morgan fingerprint density at radius 1 is 0.839 bits per heavy atom. The van der Waals surface area contributed by atoms with Gasteiger partial charge in [-0.2, -0.15) is 0 Å². The molecule has 344 valence electrons. The van der Waals surface area contributed by atoms with Crippen LogP contribution in [0.3, 0.4) is 0 Å². The molecule has 0 aliphatic heterocycles. The van der Waals surface area contributed by atoms with Crippen LogP contribution in [0.25, 0.3) is 0 Å². The molecule has 0 radical (unpaired) electrons. The number of benzene rings is 3. The van der Waals surface area contributed by atoms with E-state index in [0.29, 0.717) is 12.8 Å². The van der Waals surface area contributed by atoms with E-state index < -0.39 is 55.1 Å². The van der Waals surface area contributed by atoms with E-state index >= 15 is 4.79 Å². The number of methoxy groups -OCH3 is 3. The minimum atomic E-state index is -2.58. The van der Waals surface area contributed by atoms with Gasteiger partial charge in [-0.1, -0.05) is 96.1 Å². The smallest absolute Gasteiger partial charge is 0.192 e. The molecule has 3 aromatic rings. The van der Waals surface area contributed by atoms with Crippen molar-refractivity contribution in [2.45, 2.75) is 135 Å². The summed E-state index contributed by atoms with van der Waals surface area (Å²) in [6.07, 6.45) is -0.972. The van der Waals surface area contributed by atoms with Gasteiger partial charge in [0.05, 0.1) is 58.5 Å². The number of ether oxygens (including phenoxy) is 7. The van der Waals surface area contributed by atoms with E-state index in [9.17, 15) is 10.2 Å². The number of hydrogen-bond acceptors (Lipinski definition) is 11. The van der Waals surface area contributed by atoms with Crippen molar-refractivity contribution in [2.75, 3.05) is 41.3 Å². The van der Waals surface area contributed by atoms with Crippen LogP contribution in [0, 0.1) is 23.2 Å². The molecular formula is C50H74O11Si. The number of aliphatic hydroxyl groups excluding tert-OH is 1. The Hall–Kier alpha value is -3.17. The third kappa shape index (κ3) is 11.0. The number of carbonyl (C=O) groups is 1. The first kappa shape index (κ1) is 49.8. The summed E-state index contributed by atoms with van der Waals surface area (Å²) in [5.74, 6) is -0.373. The molecule has 0 spiro atoms. The molecule has 2 bridgehead atoms. The summed E-state index contributed by atoms with van der Waals surface area (Å²) in [7, 11) is 2.23. The first-order valence-electron chi connectivity index (χ1n) is 22.2. The highest BCUT2D eigenvalue weighted by Crippen LogP contribution is 2.59. The van der Waals surface area contributed by atoms with Gasteiger partial charge in [0.1, 0.15) is 30.0 Å². The quantitative estimate of drug-likeness (QED) is 0.0786. The van der Waals surface area contributed by atoms with E-state index in [2.05, 4.69) is 47.7 Å². The summed E-state index contributed by atoms with van der Waals surface area (Å²) in [6, 6.07) is 25.3. The molecule has 2 N–H and O–H groups in total. The summed E-state index contributed by atoms with van der Waals surface area (Å²) in [4.78, 5) is 15.5. The van der Waals surface area contributed by atoms with Crippen LogP contribution in [0.15, 0.2) is 78.9 Å². The Bertz CT molecular complexity index is 1830. The van der Waals surface area contributed by atoms with Gasteiger partial charge in [0.25, 0.3) is 0 Å². The summed E-state index contributed by atoms with van der Waals surface area (Å²) in [6.45, 7) is 17.3. The number of Topliss-reactive ketones (excluding diaryl/α,β-unsaturated/α-hetero) is 1. The predicted octanol–water partition coefficient (Wildman–Crippen LogP) is 8.92. The monoisotopic (exact) mass is 879 g/mol. The van der Waals surface area contributed by atoms with Crippen molar-refractivity contribution >= 4 is 14.1 Å². The van der Waals surface area contributed by atoms with E-state index in [0.717, 1.165) is 28.2 Å². The lowest BCUT2D eigenvalue weighted by atomic mass is 9.66. The number of carbonyl (C=O) groups excluding carboxylic acids is 1. The summed E-state index contributed by atoms with van der Waals surface area (Å²) >= 11 is 0. The molecule has 2 aliphatic rings. The van der Waals surface area contributed by atoms with Crippen LogP contribution in [0.2, 0.25) is 18.1 Å². The van der Waals surface area contributed by atoms with Gasteiger partial charge in [-0.3, -0.25) is 4.79 Å². The SMILES string of the molecule is COCO[C@H]1C(=O)[C@H](C)[C@@H]([C@@](COCc2ccc(OC)cc2)(OCc2ccccc2)[C@@H](CCO)OCc2ccc(OC)cc2)C[C@H](O[Si](C)(C)C(C)(C)C)[C@]2(O)CC[C@H]1C2(C)C. The Balaban J connectivity index is 1.75. The highest BCUT2D eigenvalue weighted by atomic mass is 28.4. The average molecular weight is 879 g/mol. The van der Waals surface area contributed by atoms with Crippen molar-refractivity contribution in [3.63, 3.8) is 0 Å². The van der Waals surface area contributed by atoms with E-state index in [1.807, 2.05) is 85.8 Å². The fourth-order valence-corrected chi connectivity index (χ4v) is 10.8. The number of rotatable bonds is 21. The Labute approximate surface area is 371 Å². The molecule has 0 unspecified atom stereocenters. The van der Waals surface area contributed by atoms with Crippen molar-refractivity contribution in [3.05, 3.63) is 95.6 Å². The van der Waals surface area contributed by atoms with Gasteiger partial charge in [0, 0.05) is 36.9 Å². The molecule has 0 saturated heterocycles.